The van der Waals surface area contributed by atoms with Gasteiger partial charge in [0.2, 0.25) is 11.8 Å². The van der Waals surface area contributed by atoms with Gasteiger partial charge in [0.15, 0.2) is 0 Å². The molecule has 36 heavy (non-hydrogen) atoms. The van der Waals surface area contributed by atoms with Gasteiger partial charge in [0.25, 0.3) is 0 Å². The van der Waals surface area contributed by atoms with Gasteiger partial charge in [0.1, 0.15) is 6.61 Å². The molecule has 1 fully saturated rings. The van der Waals surface area contributed by atoms with Gasteiger partial charge < -0.3 is 24.1 Å². The van der Waals surface area contributed by atoms with Crippen molar-refractivity contribution in [3.05, 3.63) is 65.2 Å². The average molecular weight is 494 g/mol. The van der Waals surface area contributed by atoms with Crippen LogP contribution in [0.3, 0.4) is 0 Å². The number of benzene rings is 2. The molecule has 1 unspecified atom stereocenters. The van der Waals surface area contributed by atoms with Gasteiger partial charge in [-0.05, 0) is 29.2 Å². The molecule has 9 nitrogen and oxygen atoms in total. The number of methoxy groups -OCH3 is 2. The summed E-state index contributed by atoms with van der Waals surface area (Å²) in [6.45, 7) is 4.17. The number of rotatable bonds is 10. The van der Waals surface area contributed by atoms with Gasteiger partial charge in [0.05, 0.1) is 39.4 Å². The minimum Gasteiger partial charge on any atom is -0.481 e. The molecule has 2 aromatic carbocycles. The molecular weight excluding hydrogens is 462 g/mol. The first-order valence-electron chi connectivity index (χ1n) is 11.8. The van der Waals surface area contributed by atoms with Gasteiger partial charge in [-0.3, -0.25) is 9.69 Å². The van der Waals surface area contributed by atoms with Crippen molar-refractivity contribution >= 4 is 5.97 Å². The molecular formula is C27H31N3O6. The molecule has 1 aliphatic rings. The van der Waals surface area contributed by atoms with Crippen LogP contribution in [0.25, 0.3) is 11.1 Å². The van der Waals surface area contributed by atoms with E-state index in [0.29, 0.717) is 43.6 Å². The topological polar surface area (TPSA) is 103 Å². The van der Waals surface area contributed by atoms with E-state index < -0.39 is 5.97 Å². The van der Waals surface area contributed by atoms with Crippen LogP contribution >= 0.6 is 0 Å². The van der Waals surface area contributed by atoms with E-state index in [4.69, 9.17) is 18.9 Å². The van der Waals surface area contributed by atoms with Crippen LogP contribution in [-0.4, -0.2) is 66.0 Å². The second-order valence-corrected chi connectivity index (χ2v) is 8.54. The third-order valence-corrected chi connectivity index (χ3v) is 6.31. The van der Waals surface area contributed by atoms with Crippen LogP contribution in [0.15, 0.2) is 48.5 Å². The van der Waals surface area contributed by atoms with Crippen LogP contribution < -0.4 is 14.2 Å². The number of nitrogens with zero attached hydrogens (tertiary/aromatic N) is 3. The largest absolute Gasteiger partial charge is 0.481 e. The summed E-state index contributed by atoms with van der Waals surface area (Å²) in [5.74, 6) is -0.222. The summed E-state index contributed by atoms with van der Waals surface area (Å²) in [7, 11) is 3.05. The maximum atomic E-state index is 11.3. The summed E-state index contributed by atoms with van der Waals surface area (Å²) in [6, 6.07) is 16.2. The second kappa shape index (κ2) is 11.8. The monoisotopic (exact) mass is 493 g/mol. The first kappa shape index (κ1) is 25.4. The van der Waals surface area contributed by atoms with E-state index in [2.05, 4.69) is 35.1 Å². The Hall–Kier alpha value is -3.69. The van der Waals surface area contributed by atoms with Gasteiger partial charge in [-0.15, -0.1) is 0 Å². The second-order valence-electron chi connectivity index (χ2n) is 8.54. The summed E-state index contributed by atoms with van der Waals surface area (Å²) in [4.78, 5) is 22.3. The molecule has 4 rings (SSSR count). The summed E-state index contributed by atoms with van der Waals surface area (Å²) in [5.41, 5.74) is 5.06. The Balaban J connectivity index is 1.54. The molecule has 190 valence electrons. The lowest BCUT2D eigenvalue weighted by Crippen LogP contribution is -2.46. The Morgan fingerprint density at radius 2 is 1.81 bits per heavy atom. The number of carbonyl (C=O) groups is 1. The normalized spacial score (nSPS) is 15.9. The number of ether oxygens (including phenoxy) is 4. The van der Waals surface area contributed by atoms with Crippen molar-refractivity contribution < 1.29 is 28.8 Å². The molecule has 1 saturated heterocycles. The molecule has 3 aromatic rings. The standard InChI is InChI=1S/C27H31N3O6/c1-18-20(10-7-11-22(18)19-8-5-4-6-9-19)16-36-27-28-25(33-2)23(26(29-27)34-3)15-30-12-13-35-17-21(30)14-24(31)32/h4-11,21H,12-17H2,1-3H3,(H,31,32). The highest BCUT2D eigenvalue weighted by atomic mass is 16.5. The number of hydrogen-bond donors (Lipinski definition) is 1. The Labute approximate surface area is 210 Å². The fourth-order valence-electron chi connectivity index (χ4n) is 4.37. The lowest BCUT2D eigenvalue weighted by molar-refractivity contribution is -0.140. The molecule has 2 heterocycles. The van der Waals surface area contributed by atoms with Crippen molar-refractivity contribution in [3.63, 3.8) is 0 Å². The van der Waals surface area contributed by atoms with E-state index in [1.807, 2.05) is 35.2 Å². The van der Waals surface area contributed by atoms with Gasteiger partial charge >= 0.3 is 12.0 Å². The highest BCUT2D eigenvalue weighted by molar-refractivity contribution is 5.68. The number of aliphatic carboxylic acids is 1. The minimum atomic E-state index is -0.874. The van der Waals surface area contributed by atoms with Crippen LogP contribution in [0.2, 0.25) is 0 Å². The molecule has 0 amide bonds. The fourth-order valence-corrected chi connectivity index (χ4v) is 4.37. The molecule has 0 saturated carbocycles. The maximum absolute atomic E-state index is 11.3. The van der Waals surface area contributed by atoms with Crippen molar-refractivity contribution in [2.45, 2.75) is 32.5 Å². The summed E-state index contributed by atoms with van der Waals surface area (Å²) >= 11 is 0. The maximum Gasteiger partial charge on any atom is 0.323 e. The third-order valence-electron chi connectivity index (χ3n) is 6.31. The van der Waals surface area contributed by atoms with Crippen LogP contribution in [0, 0.1) is 6.92 Å². The molecule has 1 aromatic heterocycles. The van der Waals surface area contributed by atoms with Crippen molar-refractivity contribution in [1.29, 1.82) is 0 Å². The molecule has 1 aliphatic heterocycles. The summed E-state index contributed by atoms with van der Waals surface area (Å²) in [5, 5.41) is 9.27. The zero-order chi connectivity index (χ0) is 25.5. The van der Waals surface area contributed by atoms with Crippen LogP contribution in [0.4, 0.5) is 0 Å². The van der Waals surface area contributed by atoms with Crippen molar-refractivity contribution in [2.24, 2.45) is 0 Å². The Bertz CT molecular complexity index is 1160. The average Bonchev–Trinajstić information content (AvgIpc) is 2.89. The van der Waals surface area contributed by atoms with E-state index >= 15 is 0 Å². The Morgan fingerprint density at radius 3 is 2.47 bits per heavy atom. The number of carboxylic acid groups (broad SMARTS) is 1. The zero-order valence-electron chi connectivity index (χ0n) is 20.8. The molecule has 1 N–H and O–H groups in total. The summed E-state index contributed by atoms with van der Waals surface area (Å²) in [6.07, 6.45) is -0.0198. The highest BCUT2D eigenvalue weighted by Crippen LogP contribution is 2.31. The molecule has 0 radical (unpaired) electrons. The van der Waals surface area contributed by atoms with E-state index in [1.54, 1.807) is 0 Å². The first-order valence-corrected chi connectivity index (χ1v) is 11.8. The van der Waals surface area contributed by atoms with E-state index in [-0.39, 0.29) is 25.1 Å². The quantitative estimate of drug-likeness (QED) is 0.452. The van der Waals surface area contributed by atoms with E-state index in [1.165, 1.54) is 14.2 Å². The number of carboxylic acids is 1. The van der Waals surface area contributed by atoms with Crippen LogP contribution in [-0.2, 0) is 22.7 Å². The van der Waals surface area contributed by atoms with Gasteiger partial charge in [-0.1, -0.05) is 48.5 Å². The van der Waals surface area contributed by atoms with Crippen molar-refractivity contribution in [3.8, 4) is 28.9 Å². The molecule has 9 heteroatoms. The number of morpholine rings is 1. The predicted octanol–water partition coefficient (Wildman–Crippen LogP) is 3.72. The highest BCUT2D eigenvalue weighted by Gasteiger charge is 2.28. The fraction of sp³-hybridized carbons (Fsp3) is 0.370. The van der Waals surface area contributed by atoms with Crippen LogP contribution in [0.1, 0.15) is 23.1 Å². The Kier molecular flexibility index (Phi) is 8.35. The first-order chi connectivity index (χ1) is 17.5. The van der Waals surface area contributed by atoms with Gasteiger partial charge in [-0.25, -0.2) is 0 Å². The van der Waals surface area contributed by atoms with E-state index in [0.717, 1.165) is 22.3 Å². The van der Waals surface area contributed by atoms with Gasteiger partial charge in [-0.2, -0.15) is 9.97 Å². The molecule has 0 spiro atoms. The third kappa shape index (κ3) is 5.92. The smallest absolute Gasteiger partial charge is 0.323 e. The molecule has 1 atom stereocenters. The Morgan fingerprint density at radius 1 is 1.08 bits per heavy atom. The van der Waals surface area contributed by atoms with Crippen molar-refractivity contribution in [1.82, 2.24) is 14.9 Å². The number of hydrogen-bond acceptors (Lipinski definition) is 8. The van der Waals surface area contributed by atoms with Crippen LogP contribution in [0.5, 0.6) is 17.8 Å². The van der Waals surface area contributed by atoms with Gasteiger partial charge in [0, 0.05) is 19.1 Å². The predicted molar refractivity (Wildman–Crippen MR) is 133 cm³/mol. The minimum absolute atomic E-state index is 0.0198. The zero-order valence-corrected chi connectivity index (χ0v) is 20.8. The molecule has 0 aliphatic carbocycles. The lowest BCUT2D eigenvalue weighted by Gasteiger charge is -2.35. The molecule has 0 bridgehead atoms. The van der Waals surface area contributed by atoms with Crippen molar-refractivity contribution in [2.75, 3.05) is 34.0 Å². The lowest BCUT2D eigenvalue weighted by atomic mass is 9.97. The summed E-state index contributed by atoms with van der Waals surface area (Å²) < 4.78 is 22.6. The van der Waals surface area contributed by atoms with E-state index in [9.17, 15) is 9.90 Å². The SMILES string of the molecule is COc1nc(OCc2cccc(-c3ccccc3)c2C)nc(OC)c1CN1CCOCC1CC(=O)O. The number of aromatic nitrogens is 2.